The number of amides is 3. The third-order valence-electron chi connectivity index (χ3n) is 4.80. The molecule has 27 heavy (non-hydrogen) atoms. The van der Waals surface area contributed by atoms with Crippen LogP contribution in [-0.2, 0) is 16.9 Å². The molecule has 1 atom stereocenters. The molecule has 8 heteroatoms. The fourth-order valence-corrected chi connectivity index (χ4v) is 3.48. The number of imide groups is 1. The van der Waals surface area contributed by atoms with Crippen LogP contribution in [0.4, 0.5) is 4.79 Å². The number of nitrogens with zero attached hydrogens (tertiary/aromatic N) is 1. The Kier molecular flexibility index (Phi) is 4.11. The highest BCUT2D eigenvalue weighted by atomic mass is 35.5. The Balaban J connectivity index is 1.65. The van der Waals surface area contributed by atoms with Gasteiger partial charge in [-0.2, -0.15) is 0 Å². The van der Waals surface area contributed by atoms with Gasteiger partial charge in [-0.15, -0.1) is 0 Å². The van der Waals surface area contributed by atoms with Crippen LogP contribution < -0.4 is 19.5 Å². The minimum Gasteiger partial charge on any atom is -0.496 e. The van der Waals surface area contributed by atoms with E-state index in [1.807, 2.05) is 0 Å². The van der Waals surface area contributed by atoms with Gasteiger partial charge in [0, 0.05) is 10.6 Å². The lowest BCUT2D eigenvalue weighted by molar-refractivity contribution is -0.131. The van der Waals surface area contributed by atoms with Crippen molar-refractivity contribution >= 4 is 23.5 Å². The summed E-state index contributed by atoms with van der Waals surface area (Å²) in [5, 5.41) is 3.27. The number of urea groups is 1. The van der Waals surface area contributed by atoms with Crippen molar-refractivity contribution in [2.24, 2.45) is 0 Å². The Labute approximate surface area is 160 Å². The molecular weight excluding hydrogens is 372 g/mol. The normalized spacial score (nSPS) is 20.8. The second-order valence-corrected chi connectivity index (χ2v) is 6.91. The van der Waals surface area contributed by atoms with Crippen molar-refractivity contribution in [2.75, 3.05) is 13.9 Å². The number of hydrogen-bond acceptors (Lipinski definition) is 5. The third kappa shape index (κ3) is 2.84. The molecule has 140 valence electrons. The maximum atomic E-state index is 13.1. The average Bonchev–Trinajstić information content (AvgIpc) is 3.20. The Morgan fingerprint density at radius 2 is 1.96 bits per heavy atom. The van der Waals surface area contributed by atoms with Gasteiger partial charge in [-0.25, -0.2) is 4.79 Å². The molecule has 0 unspecified atom stereocenters. The van der Waals surface area contributed by atoms with E-state index in [2.05, 4.69) is 5.32 Å². The second kappa shape index (κ2) is 6.35. The largest absolute Gasteiger partial charge is 0.496 e. The number of carbonyl (C=O) groups is 2. The zero-order valence-electron chi connectivity index (χ0n) is 14.7. The molecule has 0 radical (unpaired) electrons. The predicted octanol–water partition coefficient (Wildman–Crippen LogP) is 3.04. The highest BCUT2D eigenvalue weighted by molar-refractivity contribution is 6.30. The molecule has 0 aliphatic carbocycles. The zero-order chi connectivity index (χ0) is 19.2. The summed E-state index contributed by atoms with van der Waals surface area (Å²) in [7, 11) is 1.52. The average molecular weight is 389 g/mol. The van der Waals surface area contributed by atoms with Crippen LogP contribution in [0.25, 0.3) is 0 Å². The number of halogens is 1. The van der Waals surface area contributed by atoms with Crippen molar-refractivity contribution in [2.45, 2.75) is 19.0 Å². The van der Waals surface area contributed by atoms with E-state index in [1.54, 1.807) is 43.3 Å². The van der Waals surface area contributed by atoms with E-state index >= 15 is 0 Å². The van der Waals surface area contributed by atoms with Crippen molar-refractivity contribution in [1.82, 2.24) is 10.2 Å². The summed E-state index contributed by atoms with van der Waals surface area (Å²) in [6.45, 7) is 1.85. The standard InChI is InChI=1S/C19H17ClN2O5/c1-19(12-3-5-15-16(8-12)27-10-26-15)17(23)22(18(24)21-19)9-11-7-13(20)4-6-14(11)25-2/h3-8H,9-10H2,1-2H3,(H,21,24)/t19-/m1/s1. The van der Waals surface area contributed by atoms with Gasteiger partial charge in [0.1, 0.15) is 11.3 Å². The van der Waals surface area contributed by atoms with Crippen molar-refractivity contribution in [3.63, 3.8) is 0 Å². The maximum absolute atomic E-state index is 13.1. The molecule has 2 aliphatic rings. The minimum absolute atomic E-state index is 0.0501. The number of nitrogens with one attached hydrogen (secondary N) is 1. The van der Waals surface area contributed by atoms with Gasteiger partial charge in [0.2, 0.25) is 6.79 Å². The van der Waals surface area contributed by atoms with Crippen molar-refractivity contribution in [3.05, 3.63) is 52.5 Å². The van der Waals surface area contributed by atoms with Crippen LogP contribution in [0.15, 0.2) is 36.4 Å². The Bertz CT molecular complexity index is 948. The molecule has 1 N–H and O–H groups in total. The van der Waals surface area contributed by atoms with E-state index in [9.17, 15) is 9.59 Å². The molecule has 3 amide bonds. The van der Waals surface area contributed by atoms with E-state index in [4.69, 9.17) is 25.8 Å². The molecule has 0 bridgehead atoms. The summed E-state index contributed by atoms with van der Waals surface area (Å²) >= 11 is 6.05. The number of ether oxygens (including phenoxy) is 3. The number of methoxy groups -OCH3 is 1. The van der Waals surface area contributed by atoms with Crippen LogP contribution in [0.1, 0.15) is 18.1 Å². The lowest BCUT2D eigenvalue weighted by Crippen LogP contribution is -2.40. The zero-order valence-corrected chi connectivity index (χ0v) is 15.5. The van der Waals surface area contributed by atoms with Gasteiger partial charge in [-0.05, 0) is 42.8 Å². The highest BCUT2D eigenvalue weighted by Crippen LogP contribution is 2.38. The van der Waals surface area contributed by atoms with Gasteiger partial charge in [0.15, 0.2) is 11.5 Å². The summed E-state index contributed by atoms with van der Waals surface area (Å²) in [6.07, 6.45) is 0. The number of carbonyl (C=O) groups excluding carboxylic acids is 2. The van der Waals surface area contributed by atoms with Gasteiger partial charge in [0.25, 0.3) is 5.91 Å². The molecule has 0 spiro atoms. The molecule has 4 rings (SSSR count). The Hall–Kier alpha value is -2.93. The fourth-order valence-electron chi connectivity index (χ4n) is 3.28. The summed E-state index contributed by atoms with van der Waals surface area (Å²) in [4.78, 5) is 26.8. The first-order valence-corrected chi connectivity index (χ1v) is 8.67. The van der Waals surface area contributed by atoms with Crippen LogP contribution in [0.5, 0.6) is 17.2 Å². The molecule has 2 aromatic rings. The summed E-state index contributed by atoms with van der Waals surface area (Å²) in [5.74, 6) is 1.34. The van der Waals surface area contributed by atoms with Crippen LogP contribution in [0, 0.1) is 0 Å². The van der Waals surface area contributed by atoms with Gasteiger partial charge in [-0.3, -0.25) is 9.69 Å². The molecule has 7 nitrogen and oxygen atoms in total. The van der Waals surface area contributed by atoms with E-state index in [-0.39, 0.29) is 19.2 Å². The van der Waals surface area contributed by atoms with Crippen molar-refractivity contribution < 1.29 is 23.8 Å². The number of benzene rings is 2. The molecule has 2 aliphatic heterocycles. The van der Waals surface area contributed by atoms with Crippen LogP contribution >= 0.6 is 11.6 Å². The Morgan fingerprint density at radius 3 is 2.74 bits per heavy atom. The smallest absolute Gasteiger partial charge is 0.325 e. The summed E-state index contributed by atoms with van der Waals surface area (Å²) in [6, 6.07) is 9.77. The highest BCUT2D eigenvalue weighted by Gasteiger charge is 2.49. The SMILES string of the molecule is COc1ccc(Cl)cc1CN1C(=O)N[C@](C)(c2ccc3c(c2)OCO3)C1=O. The monoisotopic (exact) mass is 388 g/mol. The summed E-state index contributed by atoms with van der Waals surface area (Å²) < 4.78 is 16.0. The maximum Gasteiger partial charge on any atom is 0.325 e. The molecular formula is C19H17ClN2O5. The predicted molar refractivity (Wildman–Crippen MR) is 97.0 cm³/mol. The number of hydrogen-bond donors (Lipinski definition) is 1. The Morgan fingerprint density at radius 1 is 1.19 bits per heavy atom. The molecule has 1 saturated heterocycles. The topological polar surface area (TPSA) is 77.1 Å². The van der Waals surface area contributed by atoms with Crippen molar-refractivity contribution in [1.29, 1.82) is 0 Å². The minimum atomic E-state index is -1.20. The van der Waals surface area contributed by atoms with E-state index in [1.165, 1.54) is 7.11 Å². The fraction of sp³-hybridized carbons (Fsp3) is 0.263. The van der Waals surface area contributed by atoms with Gasteiger partial charge in [0.05, 0.1) is 13.7 Å². The molecule has 0 saturated carbocycles. The lowest BCUT2D eigenvalue weighted by Gasteiger charge is -2.22. The van der Waals surface area contributed by atoms with Crippen LogP contribution in [0.3, 0.4) is 0 Å². The lowest BCUT2D eigenvalue weighted by atomic mass is 9.91. The van der Waals surface area contributed by atoms with Crippen LogP contribution in [0.2, 0.25) is 5.02 Å². The van der Waals surface area contributed by atoms with E-state index in [0.717, 1.165) is 4.90 Å². The van der Waals surface area contributed by atoms with Gasteiger partial charge >= 0.3 is 6.03 Å². The van der Waals surface area contributed by atoms with Crippen LogP contribution in [-0.4, -0.2) is 30.7 Å². The van der Waals surface area contributed by atoms with Gasteiger partial charge in [-0.1, -0.05) is 17.7 Å². The molecule has 2 aromatic carbocycles. The number of rotatable bonds is 4. The molecule has 0 aromatic heterocycles. The van der Waals surface area contributed by atoms with E-state index < -0.39 is 11.6 Å². The second-order valence-electron chi connectivity index (χ2n) is 6.47. The first-order valence-electron chi connectivity index (χ1n) is 8.29. The third-order valence-corrected chi connectivity index (χ3v) is 5.03. The summed E-state index contributed by atoms with van der Waals surface area (Å²) in [5.41, 5.74) is 0.0539. The first kappa shape index (κ1) is 17.5. The quantitative estimate of drug-likeness (QED) is 0.814. The van der Waals surface area contributed by atoms with Crippen molar-refractivity contribution in [3.8, 4) is 17.2 Å². The molecule has 1 fully saturated rings. The molecule has 2 heterocycles. The van der Waals surface area contributed by atoms with E-state index in [0.29, 0.717) is 33.4 Å². The van der Waals surface area contributed by atoms with Gasteiger partial charge < -0.3 is 19.5 Å². The first-order chi connectivity index (χ1) is 12.9. The number of fused-ring (bicyclic) bond motifs is 1.